The van der Waals surface area contributed by atoms with Crippen molar-refractivity contribution < 1.29 is 23.8 Å². The zero-order valence-corrected chi connectivity index (χ0v) is 22.7. The van der Waals surface area contributed by atoms with Gasteiger partial charge in [-0.05, 0) is 98.8 Å². The van der Waals surface area contributed by atoms with E-state index in [0.29, 0.717) is 24.7 Å². The standard InChI is InChI=1S/C29H39BrO5/c1-28-14-12-22-21-11-9-20(35-25-7-3-6-16-34-25)17-19(21)8-10-23(22)24(28)18-29(26(28)31,27(32)33-2)13-4-5-15-30/h9,11,17,22-25H,3-8,10,12-16,18H2,1-2H3/t22-,23-,24+,25?,28+,29?/m1/s1. The number of carbonyl (C=O) groups is 2. The van der Waals surface area contributed by atoms with Crippen LogP contribution in [-0.2, 0) is 25.5 Å². The third-order valence-corrected chi connectivity index (χ3v) is 10.1. The number of methoxy groups -OCH3 is 1. The first-order chi connectivity index (χ1) is 16.9. The van der Waals surface area contributed by atoms with E-state index in [1.54, 1.807) is 0 Å². The molecule has 6 heteroatoms. The van der Waals surface area contributed by atoms with E-state index >= 15 is 0 Å². The summed E-state index contributed by atoms with van der Waals surface area (Å²) >= 11 is 3.49. The summed E-state index contributed by atoms with van der Waals surface area (Å²) in [6.45, 7) is 2.92. The van der Waals surface area contributed by atoms with Gasteiger partial charge in [-0.2, -0.15) is 0 Å². The van der Waals surface area contributed by atoms with Crippen LogP contribution in [0.4, 0.5) is 0 Å². The fourth-order valence-electron chi connectivity index (χ4n) is 7.79. The third kappa shape index (κ3) is 4.37. The Labute approximate surface area is 217 Å². The van der Waals surface area contributed by atoms with Gasteiger partial charge in [0.2, 0.25) is 0 Å². The monoisotopic (exact) mass is 546 g/mol. The Balaban J connectivity index is 1.38. The van der Waals surface area contributed by atoms with Crippen molar-refractivity contribution in [2.24, 2.45) is 22.7 Å². The lowest BCUT2D eigenvalue weighted by Crippen LogP contribution is -2.44. The number of fused-ring (bicyclic) bond motifs is 5. The van der Waals surface area contributed by atoms with Crippen molar-refractivity contribution in [3.8, 4) is 5.75 Å². The largest absolute Gasteiger partial charge is 0.468 e. The fraction of sp³-hybridized carbons (Fsp3) is 0.724. The van der Waals surface area contributed by atoms with Crippen LogP contribution in [-0.4, -0.2) is 37.1 Å². The van der Waals surface area contributed by atoms with Gasteiger partial charge in [0.15, 0.2) is 12.1 Å². The van der Waals surface area contributed by atoms with Crippen molar-refractivity contribution in [2.45, 2.75) is 89.8 Å². The van der Waals surface area contributed by atoms with Crippen molar-refractivity contribution >= 4 is 27.7 Å². The number of ketones is 1. The van der Waals surface area contributed by atoms with Crippen LogP contribution in [0.15, 0.2) is 18.2 Å². The molecule has 1 heterocycles. The molecule has 0 aromatic heterocycles. The number of rotatable bonds is 7. The lowest BCUT2D eigenvalue weighted by molar-refractivity contribution is -0.159. The molecule has 0 amide bonds. The molecule has 0 bridgehead atoms. The van der Waals surface area contributed by atoms with Gasteiger partial charge < -0.3 is 14.2 Å². The molecule has 2 saturated carbocycles. The molecule has 3 fully saturated rings. The molecule has 1 aromatic rings. The summed E-state index contributed by atoms with van der Waals surface area (Å²) in [6.07, 6.45) is 10.1. The van der Waals surface area contributed by atoms with E-state index in [1.807, 2.05) is 0 Å². The molecule has 2 unspecified atom stereocenters. The number of aryl methyl sites for hydroxylation is 1. The summed E-state index contributed by atoms with van der Waals surface area (Å²) in [6, 6.07) is 6.58. The highest BCUT2D eigenvalue weighted by atomic mass is 79.9. The Bertz CT molecular complexity index is 956. The summed E-state index contributed by atoms with van der Waals surface area (Å²) in [4.78, 5) is 27.1. The number of carbonyl (C=O) groups excluding carboxylic acids is 2. The average Bonchev–Trinajstić information content (AvgIpc) is 3.12. The van der Waals surface area contributed by atoms with Gasteiger partial charge >= 0.3 is 5.97 Å². The Morgan fingerprint density at radius 3 is 2.80 bits per heavy atom. The SMILES string of the molecule is COC(=O)C1(CCCCBr)C[C@H]2[C@@H]3CCc4cc(OC5CCCCO5)ccc4[C@H]3CC[C@]2(C)C1=O. The van der Waals surface area contributed by atoms with E-state index in [4.69, 9.17) is 14.2 Å². The molecule has 1 aliphatic heterocycles. The van der Waals surface area contributed by atoms with E-state index in [0.717, 1.165) is 75.5 Å². The fourth-order valence-corrected chi connectivity index (χ4v) is 8.19. The minimum atomic E-state index is -0.969. The Kier molecular flexibility index (Phi) is 7.33. The quantitative estimate of drug-likeness (QED) is 0.172. The Hall–Kier alpha value is -1.40. The summed E-state index contributed by atoms with van der Waals surface area (Å²) in [5, 5.41) is 0.888. The number of unbranched alkanes of at least 4 members (excludes halogenated alkanes) is 1. The summed E-state index contributed by atoms with van der Waals surface area (Å²) in [5.74, 6) is 1.85. The maximum atomic E-state index is 14.0. The highest BCUT2D eigenvalue weighted by Crippen LogP contribution is 2.64. The first-order valence-electron chi connectivity index (χ1n) is 13.5. The number of hydrogen-bond acceptors (Lipinski definition) is 5. The van der Waals surface area contributed by atoms with Gasteiger partial charge in [0, 0.05) is 17.2 Å². The molecule has 4 aliphatic rings. The molecule has 0 radical (unpaired) electrons. The minimum absolute atomic E-state index is 0.131. The molecule has 192 valence electrons. The van der Waals surface area contributed by atoms with E-state index in [-0.39, 0.29) is 24.0 Å². The number of Topliss-reactive ketones (excluding diaryl/α,β-unsaturated/α-hetero) is 1. The van der Waals surface area contributed by atoms with Gasteiger partial charge in [0.25, 0.3) is 0 Å². The molecular weight excluding hydrogens is 508 g/mol. The first kappa shape index (κ1) is 25.3. The molecule has 6 atom stereocenters. The van der Waals surface area contributed by atoms with E-state index in [1.165, 1.54) is 18.2 Å². The number of halogens is 1. The number of ether oxygens (including phenoxy) is 3. The van der Waals surface area contributed by atoms with Gasteiger partial charge in [-0.1, -0.05) is 35.3 Å². The number of alkyl halides is 1. The number of hydrogen-bond donors (Lipinski definition) is 0. The normalized spacial score (nSPS) is 36.1. The topological polar surface area (TPSA) is 61.8 Å². The molecule has 5 nitrogen and oxygen atoms in total. The minimum Gasteiger partial charge on any atom is -0.468 e. The van der Waals surface area contributed by atoms with Crippen LogP contribution >= 0.6 is 15.9 Å². The zero-order valence-electron chi connectivity index (χ0n) is 21.2. The van der Waals surface area contributed by atoms with Crippen molar-refractivity contribution in [1.82, 2.24) is 0 Å². The zero-order chi connectivity index (χ0) is 24.6. The highest BCUT2D eigenvalue weighted by molar-refractivity contribution is 9.09. The average molecular weight is 548 g/mol. The predicted octanol–water partition coefficient (Wildman–Crippen LogP) is 6.35. The van der Waals surface area contributed by atoms with Crippen molar-refractivity contribution in [2.75, 3.05) is 19.0 Å². The van der Waals surface area contributed by atoms with E-state index < -0.39 is 10.8 Å². The van der Waals surface area contributed by atoms with Crippen molar-refractivity contribution in [3.63, 3.8) is 0 Å². The Morgan fingerprint density at radius 1 is 1.20 bits per heavy atom. The molecule has 0 spiro atoms. The lowest BCUT2D eigenvalue weighted by atomic mass is 9.55. The van der Waals surface area contributed by atoms with Crippen molar-refractivity contribution in [1.29, 1.82) is 0 Å². The van der Waals surface area contributed by atoms with Gasteiger partial charge in [-0.15, -0.1) is 0 Å². The smallest absolute Gasteiger partial charge is 0.319 e. The summed E-state index contributed by atoms with van der Waals surface area (Å²) in [5.41, 5.74) is 1.40. The maximum absolute atomic E-state index is 14.0. The molecule has 1 saturated heterocycles. The van der Waals surface area contributed by atoms with E-state index in [9.17, 15) is 9.59 Å². The molecule has 5 rings (SSSR count). The van der Waals surface area contributed by atoms with Crippen molar-refractivity contribution in [3.05, 3.63) is 29.3 Å². The van der Waals surface area contributed by atoms with Crippen LogP contribution in [0.25, 0.3) is 0 Å². The molecule has 0 N–H and O–H groups in total. The van der Waals surface area contributed by atoms with Crippen LogP contribution in [0.2, 0.25) is 0 Å². The summed E-state index contributed by atoms with van der Waals surface area (Å²) in [7, 11) is 1.43. The maximum Gasteiger partial charge on any atom is 0.319 e. The van der Waals surface area contributed by atoms with Crippen LogP contribution in [0.1, 0.15) is 88.2 Å². The number of benzene rings is 1. The second-order valence-corrected chi connectivity index (χ2v) is 12.2. The molecule has 1 aromatic carbocycles. The van der Waals surface area contributed by atoms with Crippen LogP contribution in [0, 0.1) is 22.7 Å². The molecule has 3 aliphatic carbocycles. The molecular formula is C29H39BrO5. The van der Waals surface area contributed by atoms with Crippen LogP contribution < -0.4 is 4.74 Å². The predicted molar refractivity (Wildman–Crippen MR) is 138 cm³/mol. The van der Waals surface area contributed by atoms with Gasteiger partial charge in [-0.3, -0.25) is 9.59 Å². The number of esters is 1. The second-order valence-electron chi connectivity index (χ2n) is 11.4. The van der Waals surface area contributed by atoms with E-state index in [2.05, 4.69) is 41.1 Å². The Morgan fingerprint density at radius 2 is 2.06 bits per heavy atom. The van der Waals surface area contributed by atoms with Gasteiger partial charge in [0.05, 0.1) is 13.7 Å². The summed E-state index contributed by atoms with van der Waals surface area (Å²) < 4.78 is 17.2. The highest BCUT2D eigenvalue weighted by Gasteiger charge is 2.66. The van der Waals surface area contributed by atoms with Crippen LogP contribution in [0.5, 0.6) is 5.75 Å². The second kappa shape index (κ2) is 10.2. The van der Waals surface area contributed by atoms with Gasteiger partial charge in [0.1, 0.15) is 11.2 Å². The van der Waals surface area contributed by atoms with Gasteiger partial charge in [-0.25, -0.2) is 0 Å². The van der Waals surface area contributed by atoms with Crippen LogP contribution in [0.3, 0.4) is 0 Å². The third-order valence-electron chi connectivity index (χ3n) is 9.58. The lowest BCUT2D eigenvalue weighted by Gasteiger charge is -2.48. The first-order valence-corrected chi connectivity index (χ1v) is 14.7. The molecule has 35 heavy (non-hydrogen) atoms.